The van der Waals surface area contributed by atoms with Crippen LogP contribution in [0.4, 0.5) is 10.5 Å². The molecule has 16 heavy (non-hydrogen) atoms. The van der Waals surface area contributed by atoms with Gasteiger partial charge in [-0.15, -0.1) is 0 Å². The minimum atomic E-state index is -1.03. The summed E-state index contributed by atoms with van der Waals surface area (Å²) < 4.78 is 0. The Kier molecular flexibility index (Phi) is 2.32. The molecule has 3 amide bonds. The zero-order chi connectivity index (χ0) is 11.7. The number of hydrogen-bond acceptors (Lipinski definition) is 3. The van der Waals surface area contributed by atoms with Crippen molar-refractivity contribution in [3.05, 3.63) is 29.8 Å². The van der Waals surface area contributed by atoms with E-state index in [0.717, 1.165) is 0 Å². The molecular formula is C10H8N2O4. The number of hydrogen-bond donors (Lipinski definition) is 2. The molecule has 0 unspecified atom stereocenters. The number of amides is 3. The van der Waals surface area contributed by atoms with Gasteiger partial charge < -0.3 is 5.11 Å². The lowest BCUT2D eigenvalue weighted by Gasteiger charge is -2.12. The fourth-order valence-corrected chi connectivity index (χ4v) is 1.43. The molecule has 1 heterocycles. The van der Waals surface area contributed by atoms with E-state index < -0.39 is 12.0 Å². The molecule has 0 bridgehead atoms. The van der Waals surface area contributed by atoms with Crippen molar-refractivity contribution in [3.63, 3.8) is 0 Å². The first-order chi connectivity index (χ1) is 7.58. The van der Waals surface area contributed by atoms with E-state index in [1.165, 1.54) is 29.2 Å². The lowest BCUT2D eigenvalue weighted by molar-refractivity contribution is -0.117. The van der Waals surface area contributed by atoms with E-state index in [0.29, 0.717) is 5.69 Å². The highest BCUT2D eigenvalue weighted by molar-refractivity contribution is 6.12. The van der Waals surface area contributed by atoms with E-state index in [-0.39, 0.29) is 18.0 Å². The number of anilines is 1. The number of benzene rings is 1. The van der Waals surface area contributed by atoms with Gasteiger partial charge in [-0.25, -0.2) is 9.59 Å². The molecule has 1 aromatic carbocycles. The zero-order valence-electron chi connectivity index (χ0n) is 8.14. The summed E-state index contributed by atoms with van der Waals surface area (Å²) in [6.45, 7) is -0.0365. The van der Waals surface area contributed by atoms with Crippen molar-refractivity contribution in [2.24, 2.45) is 0 Å². The molecule has 2 N–H and O–H groups in total. The Labute approximate surface area is 90.5 Å². The summed E-state index contributed by atoms with van der Waals surface area (Å²) in [4.78, 5) is 34.1. The maximum atomic E-state index is 11.3. The Balaban J connectivity index is 2.25. The fourth-order valence-electron chi connectivity index (χ4n) is 1.43. The van der Waals surface area contributed by atoms with Crippen molar-refractivity contribution in [1.82, 2.24) is 5.32 Å². The van der Waals surface area contributed by atoms with Gasteiger partial charge in [0.25, 0.3) is 0 Å². The number of carbonyl (C=O) groups is 3. The summed E-state index contributed by atoms with van der Waals surface area (Å²) >= 11 is 0. The first-order valence-corrected chi connectivity index (χ1v) is 4.52. The summed E-state index contributed by atoms with van der Waals surface area (Å²) in [5.74, 6) is -1.40. The van der Waals surface area contributed by atoms with Gasteiger partial charge >= 0.3 is 12.0 Å². The summed E-state index contributed by atoms with van der Waals surface area (Å²) in [5, 5.41) is 10.8. The number of urea groups is 1. The van der Waals surface area contributed by atoms with E-state index in [1.807, 2.05) is 0 Å². The number of nitrogens with one attached hydrogen (secondary N) is 1. The third kappa shape index (κ3) is 1.72. The molecule has 0 atom stereocenters. The van der Waals surface area contributed by atoms with Crippen LogP contribution in [0.2, 0.25) is 0 Å². The molecule has 1 saturated heterocycles. The Morgan fingerprint density at radius 1 is 1.25 bits per heavy atom. The van der Waals surface area contributed by atoms with Gasteiger partial charge in [0.15, 0.2) is 0 Å². The molecule has 0 spiro atoms. The second kappa shape index (κ2) is 3.65. The molecule has 82 valence electrons. The van der Waals surface area contributed by atoms with Crippen molar-refractivity contribution >= 4 is 23.6 Å². The predicted molar refractivity (Wildman–Crippen MR) is 54.3 cm³/mol. The Hall–Kier alpha value is -2.37. The Morgan fingerprint density at radius 2 is 1.88 bits per heavy atom. The first-order valence-electron chi connectivity index (χ1n) is 4.52. The SMILES string of the molecule is O=C1CN(c2ccc(C(=O)O)cc2)C(=O)N1. The van der Waals surface area contributed by atoms with Gasteiger partial charge in [-0.2, -0.15) is 0 Å². The normalized spacial score (nSPS) is 15.1. The summed E-state index contributed by atoms with van der Waals surface area (Å²) in [6.07, 6.45) is 0. The molecule has 1 aliphatic rings. The number of rotatable bonds is 2. The molecule has 6 heteroatoms. The molecular weight excluding hydrogens is 212 g/mol. The van der Waals surface area contributed by atoms with E-state index >= 15 is 0 Å². The van der Waals surface area contributed by atoms with E-state index in [4.69, 9.17) is 5.11 Å². The van der Waals surface area contributed by atoms with Crippen molar-refractivity contribution in [2.75, 3.05) is 11.4 Å². The number of imide groups is 1. The minimum Gasteiger partial charge on any atom is -0.478 e. The van der Waals surface area contributed by atoms with E-state index in [2.05, 4.69) is 5.32 Å². The van der Waals surface area contributed by atoms with Gasteiger partial charge in [0.2, 0.25) is 5.91 Å². The van der Waals surface area contributed by atoms with Gasteiger partial charge in [-0.1, -0.05) is 0 Å². The maximum absolute atomic E-state index is 11.3. The number of aromatic carboxylic acids is 1. The van der Waals surface area contributed by atoms with Crippen molar-refractivity contribution in [3.8, 4) is 0 Å². The van der Waals surface area contributed by atoms with Gasteiger partial charge in [0.05, 0.1) is 5.56 Å². The summed E-state index contributed by atoms with van der Waals surface area (Å²) in [5.41, 5.74) is 0.628. The number of carbonyl (C=O) groups excluding carboxylic acids is 2. The van der Waals surface area contributed by atoms with E-state index in [1.54, 1.807) is 0 Å². The lowest BCUT2D eigenvalue weighted by atomic mass is 10.2. The van der Waals surface area contributed by atoms with Crippen molar-refractivity contribution in [2.45, 2.75) is 0 Å². The second-order valence-corrected chi connectivity index (χ2v) is 3.29. The third-order valence-corrected chi connectivity index (χ3v) is 2.22. The Morgan fingerprint density at radius 3 is 2.31 bits per heavy atom. The van der Waals surface area contributed by atoms with Crippen LogP contribution in [0.25, 0.3) is 0 Å². The predicted octanol–water partition coefficient (Wildman–Crippen LogP) is 0.441. The number of carboxylic acid groups (broad SMARTS) is 1. The highest BCUT2D eigenvalue weighted by atomic mass is 16.4. The largest absolute Gasteiger partial charge is 0.478 e. The maximum Gasteiger partial charge on any atom is 0.335 e. The van der Waals surface area contributed by atoms with E-state index in [9.17, 15) is 14.4 Å². The fraction of sp³-hybridized carbons (Fsp3) is 0.100. The third-order valence-electron chi connectivity index (χ3n) is 2.22. The first kappa shape index (κ1) is 10.2. The van der Waals surface area contributed by atoms with Crippen molar-refractivity contribution < 1.29 is 19.5 Å². The van der Waals surface area contributed by atoms with Crippen LogP contribution < -0.4 is 10.2 Å². The van der Waals surface area contributed by atoms with Crippen LogP contribution >= 0.6 is 0 Å². The molecule has 1 aliphatic heterocycles. The molecule has 0 aromatic heterocycles. The van der Waals surface area contributed by atoms with Gasteiger partial charge in [-0.3, -0.25) is 15.0 Å². The van der Waals surface area contributed by atoms with Gasteiger partial charge in [0, 0.05) is 5.69 Å². The summed E-state index contributed by atoms with van der Waals surface area (Å²) in [7, 11) is 0. The molecule has 0 radical (unpaired) electrons. The standard InChI is InChI=1S/C10H8N2O4/c13-8-5-12(10(16)11-8)7-3-1-6(2-4-7)9(14)15/h1-4H,5H2,(H,14,15)(H,11,13,16). The number of carboxylic acids is 1. The molecule has 6 nitrogen and oxygen atoms in total. The average molecular weight is 220 g/mol. The number of nitrogens with zero attached hydrogens (tertiary/aromatic N) is 1. The molecule has 1 fully saturated rings. The lowest BCUT2D eigenvalue weighted by Crippen LogP contribution is -2.27. The average Bonchev–Trinajstić information content (AvgIpc) is 2.58. The van der Waals surface area contributed by atoms with Gasteiger partial charge in [0.1, 0.15) is 6.54 Å². The minimum absolute atomic E-state index is 0.0365. The van der Waals surface area contributed by atoms with Crippen LogP contribution in [0.1, 0.15) is 10.4 Å². The van der Waals surface area contributed by atoms with Crippen LogP contribution in [-0.2, 0) is 4.79 Å². The van der Waals surface area contributed by atoms with Crippen LogP contribution in [0, 0.1) is 0 Å². The summed E-state index contributed by atoms with van der Waals surface area (Å²) in [6, 6.07) is 5.25. The van der Waals surface area contributed by atoms with Crippen molar-refractivity contribution in [1.29, 1.82) is 0 Å². The molecule has 2 rings (SSSR count). The second-order valence-electron chi connectivity index (χ2n) is 3.29. The molecule has 0 saturated carbocycles. The molecule has 1 aromatic rings. The van der Waals surface area contributed by atoms with Crippen LogP contribution in [0.15, 0.2) is 24.3 Å². The highest BCUT2D eigenvalue weighted by Crippen LogP contribution is 2.17. The molecule has 0 aliphatic carbocycles. The zero-order valence-corrected chi connectivity index (χ0v) is 8.14. The van der Waals surface area contributed by atoms with Crippen LogP contribution in [0.5, 0.6) is 0 Å². The van der Waals surface area contributed by atoms with Gasteiger partial charge in [-0.05, 0) is 24.3 Å². The van der Waals surface area contributed by atoms with Crippen LogP contribution in [0.3, 0.4) is 0 Å². The Bertz CT molecular complexity index is 466. The highest BCUT2D eigenvalue weighted by Gasteiger charge is 2.27. The van der Waals surface area contributed by atoms with Crippen LogP contribution in [-0.4, -0.2) is 29.6 Å². The monoisotopic (exact) mass is 220 g/mol. The quantitative estimate of drug-likeness (QED) is 0.708. The topological polar surface area (TPSA) is 86.7 Å². The smallest absolute Gasteiger partial charge is 0.335 e.